The van der Waals surface area contributed by atoms with Gasteiger partial charge in [-0.15, -0.1) is 10.2 Å². The summed E-state index contributed by atoms with van der Waals surface area (Å²) in [6, 6.07) is 9.47. The molecule has 2 aromatic rings. The molecule has 0 saturated carbocycles. The second-order valence-electron chi connectivity index (χ2n) is 5.59. The Kier molecular flexibility index (Phi) is 4.36. The number of carbonyl (C=O) groups excluding carboxylic acids is 2. The highest BCUT2D eigenvalue weighted by atomic mass is 16.4. The number of aryl methyl sites for hydroxylation is 1. The van der Waals surface area contributed by atoms with Gasteiger partial charge in [0.25, 0.3) is 0 Å². The summed E-state index contributed by atoms with van der Waals surface area (Å²) < 4.78 is 5.58. The fourth-order valence-electron chi connectivity index (χ4n) is 2.64. The molecule has 0 radical (unpaired) electrons. The molecular weight excluding hydrogens is 296 g/mol. The monoisotopic (exact) mass is 314 g/mol. The van der Waals surface area contributed by atoms with Gasteiger partial charge in [-0.2, -0.15) is 0 Å². The molecule has 23 heavy (non-hydrogen) atoms. The van der Waals surface area contributed by atoms with Crippen LogP contribution < -0.4 is 5.73 Å². The standard InChI is InChI=1S/C16H18N4O3/c17-15(22)12-8-9-20(10-12)14(21)7-6-13-18-19-16(23-13)11-4-2-1-3-5-11/h1-5,12H,6-10H2,(H2,17,22)/t12-/m0/s1. The molecule has 1 aliphatic rings. The highest BCUT2D eigenvalue weighted by molar-refractivity contribution is 5.81. The maximum Gasteiger partial charge on any atom is 0.247 e. The number of benzene rings is 1. The highest BCUT2D eigenvalue weighted by Crippen LogP contribution is 2.19. The van der Waals surface area contributed by atoms with Gasteiger partial charge in [-0.1, -0.05) is 18.2 Å². The molecular formula is C16H18N4O3. The fourth-order valence-corrected chi connectivity index (χ4v) is 2.64. The summed E-state index contributed by atoms with van der Waals surface area (Å²) >= 11 is 0. The van der Waals surface area contributed by atoms with E-state index in [1.54, 1.807) is 4.90 Å². The van der Waals surface area contributed by atoms with E-state index in [4.69, 9.17) is 10.2 Å². The Morgan fingerprint density at radius 2 is 2.04 bits per heavy atom. The Morgan fingerprint density at radius 3 is 2.74 bits per heavy atom. The molecule has 2 heterocycles. The quantitative estimate of drug-likeness (QED) is 0.887. The van der Waals surface area contributed by atoms with Crippen LogP contribution in [0.4, 0.5) is 0 Å². The molecule has 1 aromatic carbocycles. The van der Waals surface area contributed by atoms with Crippen LogP contribution in [-0.2, 0) is 16.0 Å². The van der Waals surface area contributed by atoms with Gasteiger partial charge in [-0.3, -0.25) is 9.59 Å². The first-order valence-corrected chi connectivity index (χ1v) is 7.58. The molecule has 7 heteroatoms. The third kappa shape index (κ3) is 3.56. The third-order valence-corrected chi connectivity index (χ3v) is 3.98. The lowest BCUT2D eigenvalue weighted by Crippen LogP contribution is -2.31. The van der Waals surface area contributed by atoms with Crippen molar-refractivity contribution in [2.75, 3.05) is 13.1 Å². The van der Waals surface area contributed by atoms with Crippen molar-refractivity contribution in [1.29, 1.82) is 0 Å². The van der Waals surface area contributed by atoms with Crippen molar-refractivity contribution in [3.8, 4) is 11.5 Å². The van der Waals surface area contributed by atoms with Gasteiger partial charge in [0.1, 0.15) is 0 Å². The van der Waals surface area contributed by atoms with Crippen LogP contribution in [0.5, 0.6) is 0 Å². The van der Waals surface area contributed by atoms with Crippen molar-refractivity contribution in [2.24, 2.45) is 11.7 Å². The van der Waals surface area contributed by atoms with Crippen LogP contribution in [0.25, 0.3) is 11.5 Å². The van der Waals surface area contributed by atoms with E-state index in [2.05, 4.69) is 10.2 Å². The lowest BCUT2D eigenvalue weighted by Gasteiger charge is -2.15. The maximum atomic E-state index is 12.1. The van der Waals surface area contributed by atoms with Crippen LogP contribution in [0, 0.1) is 5.92 Å². The van der Waals surface area contributed by atoms with Crippen LogP contribution in [0.2, 0.25) is 0 Å². The molecule has 0 aliphatic carbocycles. The molecule has 3 rings (SSSR count). The Balaban J connectivity index is 1.54. The number of rotatable bonds is 5. The molecule has 120 valence electrons. The van der Waals surface area contributed by atoms with Crippen molar-refractivity contribution < 1.29 is 14.0 Å². The number of primary amides is 1. The predicted octanol–water partition coefficient (Wildman–Crippen LogP) is 1.00. The van der Waals surface area contributed by atoms with Crippen molar-refractivity contribution in [1.82, 2.24) is 15.1 Å². The minimum Gasteiger partial charge on any atom is -0.421 e. The average Bonchev–Trinajstić information content (AvgIpc) is 3.23. The van der Waals surface area contributed by atoms with E-state index in [0.717, 1.165) is 5.56 Å². The number of amides is 2. The predicted molar refractivity (Wildman–Crippen MR) is 81.9 cm³/mol. The number of nitrogens with two attached hydrogens (primary N) is 1. The zero-order chi connectivity index (χ0) is 16.2. The molecule has 0 unspecified atom stereocenters. The summed E-state index contributed by atoms with van der Waals surface area (Å²) in [6.07, 6.45) is 1.30. The smallest absolute Gasteiger partial charge is 0.247 e. The average molecular weight is 314 g/mol. The van der Waals surface area contributed by atoms with Gasteiger partial charge in [-0.25, -0.2) is 0 Å². The van der Waals surface area contributed by atoms with Crippen molar-refractivity contribution >= 4 is 11.8 Å². The first-order valence-electron chi connectivity index (χ1n) is 7.58. The van der Waals surface area contributed by atoms with Gasteiger partial charge in [0, 0.05) is 31.5 Å². The Morgan fingerprint density at radius 1 is 1.26 bits per heavy atom. The van der Waals surface area contributed by atoms with Crippen LogP contribution in [0.3, 0.4) is 0 Å². The van der Waals surface area contributed by atoms with Crippen LogP contribution in [-0.4, -0.2) is 40.0 Å². The van der Waals surface area contributed by atoms with Crippen molar-refractivity contribution in [3.05, 3.63) is 36.2 Å². The van der Waals surface area contributed by atoms with Gasteiger partial charge in [0.15, 0.2) is 0 Å². The van der Waals surface area contributed by atoms with E-state index in [0.29, 0.717) is 37.7 Å². The first-order chi connectivity index (χ1) is 11.1. The van der Waals surface area contributed by atoms with Gasteiger partial charge in [-0.05, 0) is 18.6 Å². The Labute approximate surface area is 133 Å². The summed E-state index contributed by atoms with van der Waals surface area (Å²) in [5.41, 5.74) is 6.12. The normalized spacial score (nSPS) is 17.4. The fraction of sp³-hybridized carbons (Fsp3) is 0.375. The molecule has 2 amide bonds. The largest absolute Gasteiger partial charge is 0.421 e. The number of aromatic nitrogens is 2. The summed E-state index contributed by atoms with van der Waals surface area (Å²) in [6.45, 7) is 0.985. The Hall–Kier alpha value is -2.70. The zero-order valence-electron chi connectivity index (χ0n) is 12.6. The van der Waals surface area contributed by atoms with E-state index < -0.39 is 0 Å². The molecule has 0 spiro atoms. The number of likely N-dealkylation sites (tertiary alicyclic amines) is 1. The molecule has 1 fully saturated rings. The topological polar surface area (TPSA) is 102 Å². The Bertz CT molecular complexity index is 698. The number of carbonyl (C=O) groups is 2. The van der Waals surface area contributed by atoms with Gasteiger partial charge in [0.2, 0.25) is 23.6 Å². The van der Waals surface area contributed by atoms with E-state index in [1.165, 1.54) is 0 Å². The van der Waals surface area contributed by atoms with E-state index in [9.17, 15) is 9.59 Å². The molecule has 1 saturated heterocycles. The maximum absolute atomic E-state index is 12.1. The summed E-state index contributed by atoms with van der Waals surface area (Å²) in [5.74, 6) is 0.288. The summed E-state index contributed by atoms with van der Waals surface area (Å²) in [7, 11) is 0. The third-order valence-electron chi connectivity index (χ3n) is 3.98. The first kappa shape index (κ1) is 15.2. The molecule has 2 N–H and O–H groups in total. The summed E-state index contributed by atoms with van der Waals surface area (Å²) in [5, 5.41) is 7.97. The van der Waals surface area contributed by atoms with E-state index in [1.807, 2.05) is 30.3 Å². The molecule has 7 nitrogen and oxygen atoms in total. The van der Waals surface area contributed by atoms with Gasteiger partial charge < -0.3 is 15.1 Å². The minimum absolute atomic E-state index is 0.0202. The number of hydrogen-bond donors (Lipinski definition) is 1. The molecule has 1 aliphatic heterocycles. The second kappa shape index (κ2) is 6.60. The molecule has 1 atom stereocenters. The van der Waals surface area contributed by atoms with Crippen LogP contribution >= 0.6 is 0 Å². The zero-order valence-corrected chi connectivity index (χ0v) is 12.6. The molecule has 1 aromatic heterocycles. The van der Waals surface area contributed by atoms with Crippen LogP contribution in [0.1, 0.15) is 18.7 Å². The minimum atomic E-state index is -0.343. The SMILES string of the molecule is NC(=O)[C@H]1CCN(C(=O)CCc2nnc(-c3ccccc3)o2)C1. The van der Waals surface area contributed by atoms with Gasteiger partial charge in [0.05, 0.1) is 5.92 Å². The molecule has 0 bridgehead atoms. The van der Waals surface area contributed by atoms with Crippen molar-refractivity contribution in [3.63, 3.8) is 0 Å². The lowest BCUT2D eigenvalue weighted by molar-refractivity contribution is -0.130. The van der Waals surface area contributed by atoms with E-state index >= 15 is 0 Å². The second-order valence-corrected chi connectivity index (χ2v) is 5.59. The van der Waals surface area contributed by atoms with Crippen molar-refractivity contribution in [2.45, 2.75) is 19.3 Å². The lowest BCUT2D eigenvalue weighted by atomic mass is 10.1. The van der Waals surface area contributed by atoms with Crippen LogP contribution in [0.15, 0.2) is 34.7 Å². The highest BCUT2D eigenvalue weighted by Gasteiger charge is 2.29. The van der Waals surface area contributed by atoms with Gasteiger partial charge >= 0.3 is 0 Å². The number of nitrogens with zero attached hydrogens (tertiary/aromatic N) is 3. The number of hydrogen-bond acceptors (Lipinski definition) is 5. The summed E-state index contributed by atoms with van der Waals surface area (Å²) in [4.78, 5) is 25.0. The van der Waals surface area contributed by atoms with E-state index in [-0.39, 0.29) is 24.2 Å².